The van der Waals surface area contributed by atoms with Gasteiger partial charge < -0.3 is 4.74 Å². The van der Waals surface area contributed by atoms with E-state index in [0.29, 0.717) is 22.2 Å². The highest BCUT2D eigenvalue weighted by atomic mass is 79.9. The molecule has 5 nitrogen and oxygen atoms in total. The van der Waals surface area contributed by atoms with Gasteiger partial charge in [0.2, 0.25) is 5.91 Å². The second-order valence-electron chi connectivity index (χ2n) is 4.66. The van der Waals surface area contributed by atoms with Gasteiger partial charge in [0, 0.05) is 12.0 Å². The molecule has 1 aromatic rings. The lowest BCUT2D eigenvalue weighted by Crippen LogP contribution is -2.41. The van der Waals surface area contributed by atoms with Crippen molar-refractivity contribution in [1.29, 1.82) is 0 Å². The predicted octanol–water partition coefficient (Wildman–Crippen LogP) is 3.19. The lowest BCUT2D eigenvalue weighted by Gasteiger charge is -2.09. The first kappa shape index (κ1) is 17.5. The molecule has 21 heavy (non-hydrogen) atoms. The van der Waals surface area contributed by atoms with Gasteiger partial charge in [0.1, 0.15) is 5.75 Å². The number of carbonyl (C=O) groups is 2. The fourth-order valence-corrected chi connectivity index (χ4v) is 2.32. The van der Waals surface area contributed by atoms with Crippen LogP contribution in [-0.4, -0.2) is 18.9 Å². The molecule has 0 unspecified atom stereocenters. The minimum atomic E-state index is -0.361. The van der Waals surface area contributed by atoms with Gasteiger partial charge in [-0.2, -0.15) is 0 Å². The smallest absolute Gasteiger partial charge is 0.269 e. The molecule has 0 aliphatic heterocycles. The zero-order chi connectivity index (χ0) is 15.7. The fraction of sp³-hybridized carbons (Fsp3) is 0.467. The first-order valence-electron chi connectivity index (χ1n) is 7.01. The summed E-state index contributed by atoms with van der Waals surface area (Å²) in [7, 11) is 1.55. The number of rotatable bonds is 7. The van der Waals surface area contributed by atoms with Gasteiger partial charge in [-0.05, 0) is 40.5 Å². The van der Waals surface area contributed by atoms with Gasteiger partial charge in [-0.1, -0.05) is 26.2 Å². The second-order valence-corrected chi connectivity index (χ2v) is 5.52. The maximum Gasteiger partial charge on any atom is 0.269 e. The number of unbranched alkanes of at least 4 members (excludes halogenated alkanes) is 3. The number of hydrogen-bond acceptors (Lipinski definition) is 3. The summed E-state index contributed by atoms with van der Waals surface area (Å²) in [6, 6.07) is 4.96. The zero-order valence-electron chi connectivity index (χ0n) is 12.4. The minimum absolute atomic E-state index is 0.174. The van der Waals surface area contributed by atoms with E-state index in [9.17, 15) is 9.59 Å². The molecule has 0 spiro atoms. The summed E-state index contributed by atoms with van der Waals surface area (Å²) in [4.78, 5) is 23.4. The average Bonchev–Trinajstić information content (AvgIpc) is 2.49. The summed E-state index contributed by atoms with van der Waals surface area (Å²) >= 11 is 3.31. The fourth-order valence-electron chi connectivity index (χ4n) is 1.78. The number of amides is 2. The van der Waals surface area contributed by atoms with Crippen LogP contribution in [0.15, 0.2) is 22.7 Å². The second kappa shape index (κ2) is 9.39. The Morgan fingerprint density at radius 3 is 2.57 bits per heavy atom. The predicted molar refractivity (Wildman–Crippen MR) is 85.1 cm³/mol. The Bertz CT molecular complexity index is 492. The molecule has 0 saturated heterocycles. The highest BCUT2D eigenvalue weighted by Crippen LogP contribution is 2.25. The van der Waals surface area contributed by atoms with Crippen molar-refractivity contribution in [2.45, 2.75) is 39.0 Å². The van der Waals surface area contributed by atoms with E-state index in [1.165, 1.54) is 0 Å². The first-order chi connectivity index (χ1) is 10.1. The summed E-state index contributed by atoms with van der Waals surface area (Å²) in [5, 5.41) is 0. The maximum atomic E-state index is 11.9. The van der Waals surface area contributed by atoms with Crippen LogP contribution >= 0.6 is 15.9 Å². The Balaban J connectivity index is 2.39. The van der Waals surface area contributed by atoms with E-state index in [0.717, 1.165) is 25.7 Å². The number of ether oxygens (including phenoxy) is 1. The number of halogens is 1. The van der Waals surface area contributed by atoms with Crippen LogP contribution in [0.25, 0.3) is 0 Å². The van der Waals surface area contributed by atoms with Crippen LogP contribution < -0.4 is 15.6 Å². The monoisotopic (exact) mass is 356 g/mol. The molecule has 1 aromatic carbocycles. The molecular weight excluding hydrogens is 336 g/mol. The van der Waals surface area contributed by atoms with Gasteiger partial charge in [0.15, 0.2) is 0 Å². The Labute approximate surface area is 133 Å². The number of hydrogen-bond donors (Lipinski definition) is 2. The third-order valence-corrected chi connectivity index (χ3v) is 3.61. The number of carbonyl (C=O) groups excluding carboxylic acids is 2. The minimum Gasteiger partial charge on any atom is -0.496 e. The van der Waals surface area contributed by atoms with Crippen molar-refractivity contribution in [3.05, 3.63) is 28.2 Å². The largest absolute Gasteiger partial charge is 0.496 e. The van der Waals surface area contributed by atoms with Gasteiger partial charge >= 0.3 is 0 Å². The third kappa shape index (κ3) is 6.16. The van der Waals surface area contributed by atoms with E-state index >= 15 is 0 Å². The molecular formula is C15H21BrN2O3. The van der Waals surface area contributed by atoms with Crippen LogP contribution in [0.2, 0.25) is 0 Å². The standard InChI is InChI=1S/C15H21BrN2O3/c1-3-4-5-6-7-14(19)17-18-15(20)11-8-9-13(21-2)12(16)10-11/h8-10H,3-7H2,1-2H3,(H,17,19)(H,18,20). The van der Waals surface area contributed by atoms with Crippen molar-refractivity contribution in [2.24, 2.45) is 0 Å². The summed E-state index contributed by atoms with van der Waals surface area (Å²) in [6.07, 6.45) is 4.55. The normalized spacial score (nSPS) is 10.0. The van der Waals surface area contributed by atoms with Gasteiger partial charge in [-0.3, -0.25) is 20.4 Å². The van der Waals surface area contributed by atoms with Crippen molar-refractivity contribution in [3.63, 3.8) is 0 Å². The van der Waals surface area contributed by atoms with Crippen LogP contribution in [0.4, 0.5) is 0 Å². The zero-order valence-corrected chi connectivity index (χ0v) is 14.0. The highest BCUT2D eigenvalue weighted by molar-refractivity contribution is 9.10. The molecule has 0 saturated carbocycles. The Morgan fingerprint density at radius 1 is 1.19 bits per heavy atom. The van der Waals surface area contributed by atoms with Gasteiger partial charge in [-0.15, -0.1) is 0 Å². The lowest BCUT2D eigenvalue weighted by atomic mass is 10.1. The van der Waals surface area contributed by atoms with Crippen LogP contribution in [-0.2, 0) is 4.79 Å². The highest BCUT2D eigenvalue weighted by Gasteiger charge is 2.09. The Morgan fingerprint density at radius 2 is 1.95 bits per heavy atom. The van der Waals surface area contributed by atoms with Crippen LogP contribution in [0.3, 0.4) is 0 Å². The molecule has 2 amide bonds. The molecule has 116 valence electrons. The quantitative estimate of drug-likeness (QED) is 0.582. The Kier molecular flexibility index (Phi) is 7.82. The van der Waals surface area contributed by atoms with E-state index in [-0.39, 0.29) is 11.8 Å². The molecule has 2 N–H and O–H groups in total. The van der Waals surface area contributed by atoms with Crippen LogP contribution in [0.1, 0.15) is 49.4 Å². The van der Waals surface area contributed by atoms with E-state index < -0.39 is 0 Å². The molecule has 0 fully saturated rings. The van der Waals surface area contributed by atoms with Crippen molar-refractivity contribution >= 4 is 27.7 Å². The van der Waals surface area contributed by atoms with Crippen molar-refractivity contribution in [3.8, 4) is 5.75 Å². The molecule has 0 radical (unpaired) electrons. The summed E-state index contributed by atoms with van der Waals surface area (Å²) in [5.41, 5.74) is 5.26. The van der Waals surface area contributed by atoms with E-state index in [4.69, 9.17) is 4.74 Å². The average molecular weight is 357 g/mol. The summed E-state index contributed by atoms with van der Waals surface area (Å²) < 4.78 is 5.78. The van der Waals surface area contributed by atoms with Gasteiger partial charge in [0.05, 0.1) is 11.6 Å². The SMILES string of the molecule is CCCCCCC(=O)NNC(=O)c1ccc(OC)c(Br)c1. The van der Waals surface area contributed by atoms with Gasteiger partial charge in [0.25, 0.3) is 5.91 Å². The molecule has 6 heteroatoms. The molecule has 0 atom stereocenters. The van der Waals surface area contributed by atoms with E-state index in [1.807, 2.05) is 0 Å². The van der Waals surface area contributed by atoms with E-state index in [2.05, 4.69) is 33.7 Å². The maximum absolute atomic E-state index is 11.9. The Hall–Kier alpha value is -1.56. The molecule has 0 aliphatic carbocycles. The molecule has 0 bridgehead atoms. The summed E-state index contributed by atoms with van der Waals surface area (Å²) in [6.45, 7) is 2.12. The number of nitrogens with one attached hydrogen (secondary N) is 2. The number of benzene rings is 1. The lowest BCUT2D eigenvalue weighted by molar-refractivity contribution is -0.122. The van der Waals surface area contributed by atoms with Crippen LogP contribution in [0.5, 0.6) is 5.75 Å². The molecule has 0 heterocycles. The summed E-state index contributed by atoms with van der Waals surface area (Å²) in [5.74, 6) is 0.110. The number of methoxy groups -OCH3 is 1. The van der Waals surface area contributed by atoms with Crippen molar-refractivity contribution in [1.82, 2.24) is 10.9 Å². The van der Waals surface area contributed by atoms with Crippen LogP contribution in [0, 0.1) is 0 Å². The molecule has 0 aliphatic rings. The van der Waals surface area contributed by atoms with E-state index in [1.54, 1.807) is 25.3 Å². The third-order valence-electron chi connectivity index (χ3n) is 2.99. The number of hydrazine groups is 1. The van der Waals surface area contributed by atoms with Crippen molar-refractivity contribution < 1.29 is 14.3 Å². The topological polar surface area (TPSA) is 67.4 Å². The molecule has 1 rings (SSSR count). The first-order valence-corrected chi connectivity index (χ1v) is 7.80. The van der Waals surface area contributed by atoms with Gasteiger partial charge in [-0.25, -0.2) is 0 Å². The van der Waals surface area contributed by atoms with Crippen molar-refractivity contribution in [2.75, 3.05) is 7.11 Å². The molecule has 0 aromatic heterocycles.